The molecule has 0 fully saturated rings. The van der Waals surface area contributed by atoms with Crippen LogP contribution in [0.4, 0.5) is 5.69 Å². The Morgan fingerprint density at radius 3 is 2.33 bits per heavy atom. The molecule has 0 aliphatic rings. The molecular weight excluding hydrogens is 497 g/mol. The lowest BCUT2D eigenvalue weighted by atomic mass is 10.2. The molecule has 2 N–H and O–H groups in total. The van der Waals surface area contributed by atoms with E-state index in [1.807, 2.05) is 12.1 Å². The number of nitro benzene ring substituents is 1. The summed E-state index contributed by atoms with van der Waals surface area (Å²) in [6.07, 6.45) is 1.64. The first-order valence-electron chi connectivity index (χ1n) is 9.90. The van der Waals surface area contributed by atoms with Gasteiger partial charge < -0.3 is 15.1 Å². The lowest BCUT2D eigenvalue weighted by Gasteiger charge is -2.30. The first-order chi connectivity index (χ1) is 13.9. The van der Waals surface area contributed by atoms with Crippen molar-refractivity contribution in [3.8, 4) is 0 Å². The third-order valence-electron chi connectivity index (χ3n) is 4.57. The highest BCUT2D eigenvalue weighted by Crippen LogP contribution is 2.12. The van der Waals surface area contributed by atoms with Crippen molar-refractivity contribution < 1.29 is 9.34 Å². The van der Waals surface area contributed by atoms with Gasteiger partial charge in [-0.25, -0.2) is 4.99 Å². The zero-order valence-electron chi connectivity index (χ0n) is 18.0. The van der Waals surface area contributed by atoms with Gasteiger partial charge in [0, 0.05) is 37.3 Å². The van der Waals surface area contributed by atoms with E-state index in [1.54, 1.807) is 18.4 Å². The number of guanidine groups is 1. The number of halogens is 1. The van der Waals surface area contributed by atoms with Crippen LogP contribution < -0.4 is 10.6 Å². The number of aliphatic imine (C=N–C) groups is 1. The molecule has 0 amide bonds. The van der Waals surface area contributed by atoms with Crippen LogP contribution in [0, 0.1) is 10.1 Å². The molecule has 2 rings (SSSR count). The topological polar surface area (TPSA) is 95.9 Å². The molecule has 0 spiro atoms. The Hall–Kier alpha value is -2.14. The predicted molar refractivity (Wildman–Crippen MR) is 130 cm³/mol. The Kier molecular flexibility index (Phi) is 11.4. The first kappa shape index (κ1) is 25.9. The SMILES string of the molecule is CC(C)N(CCNC(=NCc1ccc([N+](=O)[O-])cc1)NCc1ccco1)C(C)C.I. The monoisotopic (exact) mass is 529 g/mol. The maximum absolute atomic E-state index is 10.8. The molecule has 0 saturated carbocycles. The van der Waals surface area contributed by atoms with Gasteiger partial charge in [0.2, 0.25) is 0 Å². The zero-order chi connectivity index (χ0) is 21.2. The van der Waals surface area contributed by atoms with E-state index >= 15 is 0 Å². The van der Waals surface area contributed by atoms with Crippen LogP contribution in [0.2, 0.25) is 0 Å². The fourth-order valence-corrected chi connectivity index (χ4v) is 3.07. The van der Waals surface area contributed by atoms with Crippen LogP contribution >= 0.6 is 24.0 Å². The fraction of sp³-hybridized carbons (Fsp3) is 0.476. The Morgan fingerprint density at radius 2 is 1.80 bits per heavy atom. The molecule has 0 saturated heterocycles. The third kappa shape index (κ3) is 8.70. The molecule has 8 nitrogen and oxygen atoms in total. The summed E-state index contributed by atoms with van der Waals surface area (Å²) in [5.74, 6) is 1.49. The van der Waals surface area contributed by atoms with E-state index in [2.05, 4.69) is 48.2 Å². The summed E-state index contributed by atoms with van der Waals surface area (Å²) < 4.78 is 5.37. The second kappa shape index (κ2) is 13.2. The molecule has 0 bridgehead atoms. The van der Waals surface area contributed by atoms with Crippen LogP contribution in [0.1, 0.15) is 39.0 Å². The lowest BCUT2D eigenvalue weighted by Crippen LogP contribution is -2.45. The predicted octanol–water partition coefficient (Wildman–Crippen LogP) is 4.16. The molecule has 1 aromatic carbocycles. The van der Waals surface area contributed by atoms with Crippen molar-refractivity contribution in [3.05, 3.63) is 64.1 Å². The molecular formula is C21H32IN5O3. The smallest absolute Gasteiger partial charge is 0.269 e. The highest BCUT2D eigenvalue weighted by molar-refractivity contribution is 14.0. The molecule has 9 heteroatoms. The van der Waals surface area contributed by atoms with Gasteiger partial charge in [0.1, 0.15) is 5.76 Å². The van der Waals surface area contributed by atoms with Crippen LogP contribution in [0.5, 0.6) is 0 Å². The Bertz CT molecular complexity index is 768. The number of non-ortho nitro benzene ring substituents is 1. The Labute approximate surface area is 195 Å². The van der Waals surface area contributed by atoms with Crippen molar-refractivity contribution in [3.63, 3.8) is 0 Å². The maximum atomic E-state index is 10.8. The van der Waals surface area contributed by atoms with Gasteiger partial charge in [-0.1, -0.05) is 12.1 Å². The number of furan rings is 1. The van der Waals surface area contributed by atoms with Gasteiger partial charge in [0.15, 0.2) is 5.96 Å². The zero-order valence-corrected chi connectivity index (χ0v) is 20.3. The minimum atomic E-state index is -0.403. The molecule has 1 aromatic heterocycles. The van der Waals surface area contributed by atoms with Crippen LogP contribution in [0.15, 0.2) is 52.1 Å². The highest BCUT2D eigenvalue weighted by atomic mass is 127. The van der Waals surface area contributed by atoms with Crippen molar-refractivity contribution in [2.45, 2.75) is 52.9 Å². The van der Waals surface area contributed by atoms with E-state index in [-0.39, 0.29) is 29.7 Å². The number of nitrogens with zero attached hydrogens (tertiary/aromatic N) is 3. The van der Waals surface area contributed by atoms with E-state index in [0.29, 0.717) is 31.1 Å². The Balaban J connectivity index is 0.00000450. The number of hydrogen-bond acceptors (Lipinski definition) is 5. The third-order valence-corrected chi connectivity index (χ3v) is 4.57. The van der Waals surface area contributed by atoms with Crippen LogP contribution in [0.3, 0.4) is 0 Å². The van der Waals surface area contributed by atoms with Crippen molar-refractivity contribution in [1.29, 1.82) is 0 Å². The minimum absolute atomic E-state index is 0. The highest BCUT2D eigenvalue weighted by Gasteiger charge is 2.13. The molecule has 0 radical (unpaired) electrons. The molecule has 0 aliphatic carbocycles. The maximum Gasteiger partial charge on any atom is 0.269 e. The molecule has 0 aliphatic heterocycles. The second-order valence-electron chi connectivity index (χ2n) is 7.37. The van der Waals surface area contributed by atoms with Gasteiger partial charge in [0.25, 0.3) is 5.69 Å². The van der Waals surface area contributed by atoms with E-state index in [1.165, 1.54) is 12.1 Å². The first-order valence-corrected chi connectivity index (χ1v) is 9.90. The fourth-order valence-electron chi connectivity index (χ4n) is 3.07. The van der Waals surface area contributed by atoms with Gasteiger partial charge in [-0.3, -0.25) is 15.0 Å². The van der Waals surface area contributed by atoms with Crippen LogP contribution in [-0.2, 0) is 13.1 Å². The summed E-state index contributed by atoms with van der Waals surface area (Å²) in [4.78, 5) is 17.4. The number of benzene rings is 1. The molecule has 1 heterocycles. The largest absolute Gasteiger partial charge is 0.467 e. The molecule has 166 valence electrons. The second-order valence-corrected chi connectivity index (χ2v) is 7.37. The van der Waals surface area contributed by atoms with Crippen LogP contribution in [-0.4, -0.2) is 41.0 Å². The molecule has 0 unspecified atom stereocenters. The summed E-state index contributed by atoms with van der Waals surface area (Å²) in [5.41, 5.74) is 0.982. The van der Waals surface area contributed by atoms with Crippen molar-refractivity contribution in [2.24, 2.45) is 4.99 Å². The normalized spacial score (nSPS) is 11.6. The minimum Gasteiger partial charge on any atom is -0.467 e. The number of nitro groups is 1. The van der Waals surface area contributed by atoms with Crippen molar-refractivity contribution >= 4 is 35.6 Å². The van der Waals surface area contributed by atoms with Crippen LogP contribution in [0.25, 0.3) is 0 Å². The van der Waals surface area contributed by atoms with Gasteiger partial charge in [0.05, 0.1) is 24.3 Å². The van der Waals surface area contributed by atoms with E-state index in [0.717, 1.165) is 24.4 Å². The average molecular weight is 529 g/mol. The average Bonchev–Trinajstić information content (AvgIpc) is 3.19. The van der Waals surface area contributed by atoms with Crippen molar-refractivity contribution in [1.82, 2.24) is 15.5 Å². The summed E-state index contributed by atoms with van der Waals surface area (Å²) >= 11 is 0. The van der Waals surface area contributed by atoms with E-state index < -0.39 is 4.92 Å². The summed E-state index contributed by atoms with van der Waals surface area (Å²) in [7, 11) is 0. The summed E-state index contributed by atoms with van der Waals surface area (Å²) in [5, 5.41) is 17.4. The number of nitrogens with one attached hydrogen (secondary N) is 2. The standard InChI is InChI=1S/C21H31N5O3.HI/c1-16(2)25(17(3)4)12-11-22-21(24-15-20-6-5-13-29-20)23-14-18-7-9-19(10-8-18)26(27)28;/h5-10,13,16-17H,11-12,14-15H2,1-4H3,(H2,22,23,24);1H. The van der Waals surface area contributed by atoms with Gasteiger partial charge in [-0.05, 0) is 45.4 Å². The van der Waals surface area contributed by atoms with E-state index in [4.69, 9.17) is 4.42 Å². The van der Waals surface area contributed by atoms with E-state index in [9.17, 15) is 10.1 Å². The number of hydrogen-bond donors (Lipinski definition) is 2. The molecule has 0 atom stereocenters. The number of rotatable bonds is 10. The van der Waals surface area contributed by atoms with Gasteiger partial charge in [-0.15, -0.1) is 24.0 Å². The molecule has 2 aromatic rings. The summed E-state index contributed by atoms with van der Waals surface area (Å²) in [6, 6.07) is 11.1. The van der Waals surface area contributed by atoms with Crippen molar-refractivity contribution in [2.75, 3.05) is 13.1 Å². The Morgan fingerprint density at radius 1 is 1.13 bits per heavy atom. The summed E-state index contributed by atoms with van der Waals surface area (Å²) in [6.45, 7) is 11.4. The van der Waals surface area contributed by atoms with Gasteiger partial charge >= 0.3 is 0 Å². The quantitative estimate of drug-likeness (QED) is 0.158. The van der Waals surface area contributed by atoms with Gasteiger partial charge in [-0.2, -0.15) is 0 Å². The molecule has 30 heavy (non-hydrogen) atoms. The lowest BCUT2D eigenvalue weighted by molar-refractivity contribution is -0.384.